The number of amides is 3. The molecule has 0 spiro atoms. The highest BCUT2D eigenvalue weighted by Crippen LogP contribution is 2.18. The minimum Gasteiger partial charge on any atom is -0.377 e. The van der Waals surface area contributed by atoms with Crippen LogP contribution in [0.2, 0.25) is 0 Å². The fourth-order valence-corrected chi connectivity index (χ4v) is 2.99. The first kappa shape index (κ1) is 19.2. The van der Waals surface area contributed by atoms with Gasteiger partial charge in [0.1, 0.15) is 0 Å². The van der Waals surface area contributed by atoms with Gasteiger partial charge in [-0.05, 0) is 30.0 Å². The van der Waals surface area contributed by atoms with E-state index in [2.05, 4.69) is 19.2 Å². The third-order valence-electron chi connectivity index (χ3n) is 4.37. The minimum atomic E-state index is -0.0916. The summed E-state index contributed by atoms with van der Waals surface area (Å²) >= 11 is 0. The molecule has 0 aliphatic carbocycles. The van der Waals surface area contributed by atoms with Crippen LogP contribution >= 0.6 is 0 Å². The van der Waals surface area contributed by atoms with E-state index in [-0.39, 0.29) is 18.0 Å². The zero-order valence-corrected chi connectivity index (χ0v) is 15.6. The molecule has 6 nitrogen and oxygen atoms in total. The van der Waals surface area contributed by atoms with Gasteiger partial charge in [-0.1, -0.05) is 26.0 Å². The topological polar surface area (TPSA) is 61.9 Å². The molecule has 0 radical (unpaired) electrons. The van der Waals surface area contributed by atoms with Gasteiger partial charge in [-0.2, -0.15) is 0 Å². The Labute approximate surface area is 150 Å². The summed E-state index contributed by atoms with van der Waals surface area (Å²) in [6.45, 7) is 8.14. The van der Waals surface area contributed by atoms with Crippen molar-refractivity contribution >= 4 is 17.6 Å². The Balaban J connectivity index is 2.02. The van der Waals surface area contributed by atoms with Crippen LogP contribution in [0.4, 0.5) is 10.5 Å². The number of nitrogens with one attached hydrogen (secondary N) is 1. The first-order valence-corrected chi connectivity index (χ1v) is 8.83. The number of urea groups is 1. The highest BCUT2D eigenvalue weighted by molar-refractivity contribution is 5.89. The Bertz CT molecular complexity index is 603. The maximum atomic E-state index is 12.7. The van der Waals surface area contributed by atoms with Gasteiger partial charge in [0.25, 0.3) is 0 Å². The molecular weight excluding hydrogens is 318 g/mol. The Hall–Kier alpha value is -2.08. The molecule has 25 heavy (non-hydrogen) atoms. The number of benzene rings is 1. The Morgan fingerprint density at radius 2 is 2.16 bits per heavy atom. The lowest BCUT2D eigenvalue weighted by atomic mass is 10.0. The van der Waals surface area contributed by atoms with E-state index in [0.717, 1.165) is 17.7 Å². The van der Waals surface area contributed by atoms with Crippen molar-refractivity contribution in [1.82, 2.24) is 9.80 Å². The molecule has 1 aliphatic rings. The van der Waals surface area contributed by atoms with Crippen molar-refractivity contribution in [2.24, 2.45) is 5.92 Å². The van der Waals surface area contributed by atoms with Gasteiger partial charge in [0.05, 0.1) is 19.3 Å². The van der Waals surface area contributed by atoms with Crippen LogP contribution in [0.25, 0.3) is 0 Å². The average molecular weight is 347 g/mol. The number of hydrogen-bond acceptors (Lipinski definition) is 3. The van der Waals surface area contributed by atoms with Crippen molar-refractivity contribution < 1.29 is 14.3 Å². The van der Waals surface area contributed by atoms with Crippen LogP contribution in [-0.4, -0.2) is 54.6 Å². The second kappa shape index (κ2) is 8.85. The molecule has 1 saturated heterocycles. The normalized spacial score (nSPS) is 17.5. The Morgan fingerprint density at radius 3 is 2.84 bits per heavy atom. The standard InChI is InChI=1S/C19H29N3O3/c1-14(2)10-18-13-25-9-8-22(18)19(24)20-17-7-5-6-16(11-17)12-21(4)15(3)23/h5-7,11,14,18H,8-10,12-13H2,1-4H3,(H,20,24)/t18-/m1/s1. The highest BCUT2D eigenvalue weighted by atomic mass is 16.5. The van der Waals surface area contributed by atoms with Crippen LogP contribution in [-0.2, 0) is 16.1 Å². The summed E-state index contributed by atoms with van der Waals surface area (Å²) in [5, 5.41) is 2.99. The van der Waals surface area contributed by atoms with Crippen molar-refractivity contribution in [1.29, 1.82) is 0 Å². The lowest BCUT2D eigenvalue weighted by molar-refractivity contribution is -0.128. The molecule has 0 bridgehead atoms. The molecule has 138 valence electrons. The summed E-state index contributed by atoms with van der Waals surface area (Å²) in [5.41, 5.74) is 1.73. The van der Waals surface area contributed by atoms with Gasteiger partial charge in [0.15, 0.2) is 0 Å². The molecule has 1 N–H and O–H groups in total. The van der Waals surface area contributed by atoms with Crippen molar-refractivity contribution in [3.05, 3.63) is 29.8 Å². The van der Waals surface area contributed by atoms with E-state index >= 15 is 0 Å². The van der Waals surface area contributed by atoms with Gasteiger partial charge >= 0.3 is 6.03 Å². The number of anilines is 1. The number of rotatable bonds is 5. The van der Waals surface area contributed by atoms with Gasteiger partial charge in [-0.25, -0.2) is 4.79 Å². The minimum absolute atomic E-state index is 0.0132. The zero-order chi connectivity index (χ0) is 18.4. The van der Waals surface area contributed by atoms with E-state index in [0.29, 0.717) is 32.2 Å². The van der Waals surface area contributed by atoms with Gasteiger partial charge in [0.2, 0.25) is 5.91 Å². The molecule has 0 aromatic heterocycles. The van der Waals surface area contributed by atoms with Crippen LogP contribution in [0.5, 0.6) is 0 Å². The fraction of sp³-hybridized carbons (Fsp3) is 0.579. The first-order chi connectivity index (χ1) is 11.9. The van der Waals surface area contributed by atoms with Gasteiger partial charge < -0.3 is 19.9 Å². The second-order valence-electron chi connectivity index (χ2n) is 7.06. The molecule has 1 heterocycles. The molecule has 1 aliphatic heterocycles. The Morgan fingerprint density at radius 1 is 1.40 bits per heavy atom. The number of ether oxygens (including phenoxy) is 1. The monoisotopic (exact) mass is 347 g/mol. The van der Waals surface area contributed by atoms with Gasteiger partial charge in [0, 0.05) is 32.7 Å². The summed E-state index contributed by atoms with van der Waals surface area (Å²) in [6.07, 6.45) is 0.927. The second-order valence-corrected chi connectivity index (χ2v) is 7.06. The molecule has 1 atom stereocenters. The molecule has 1 fully saturated rings. The van der Waals surface area contributed by atoms with E-state index in [1.165, 1.54) is 0 Å². The van der Waals surface area contributed by atoms with Crippen LogP contribution in [0, 0.1) is 5.92 Å². The quantitative estimate of drug-likeness (QED) is 0.891. The maximum Gasteiger partial charge on any atom is 0.322 e. The number of morpholine rings is 1. The van der Waals surface area contributed by atoms with Crippen molar-refractivity contribution in [2.75, 3.05) is 32.1 Å². The molecule has 3 amide bonds. The van der Waals surface area contributed by atoms with E-state index in [9.17, 15) is 9.59 Å². The number of carbonyl (C=O) groups is 2. The number of nitrogens with zero attached hydrogens (tertiary/aromatic N) is 2. The smallest absolute Gasteiger partial charge is 0.322 e. The van der Waals surface area contributed by atoms with E-state index in [4.69, 9.17) is 4.74 Å². The lowest BCUT2D eigenvalue weighted by Crippen LogP contribution is -2.50. The fourth-order valence-electron chi connectivity index (χ4n) is 2.99. The molecular formula is C19H29N3O3. The average Bonchev–Trinajstić information content (AvgIpc) is 2.55. The summed E-state index contributed by atoms with van der Waals surface area (Å²) in [6, 6.07) is 7.64. The largest absolute Gasteiger partial charge is 0.377 e. The summed E-state index contributed by atoms with van der Waals surface area (Å²) in [5.74, 6) is 0.520. The summed E-state index contributed by atoms with van der Waals surface area (Å²) in [4.78, 5) is 27.6. The highest BCUT2D eigenvalue weighted by Gasteiger charge is 2.27. The van der Waals surface area contributed by atoms with Gasteiger partial charge in [-0.3, -0.25) is 4.79 Å². The third-order valence-corrected chi connectivity index (χ3v) is 4.37. The zero-order valence-electron chi connectivity index (χ0n) is 15.6. The summed E-state index contributed by atoms with van der Waals surface area (Å²) < 4.78 is 5.54. The first-order valence-electron chi connectivity index (χ1n) is 8.83. The number of carbonyl (C=O) groups excluding carboxylic acids is 2. The molecule has 0 unspecified atom stereocenters. The number of hydrogen-bond donors (Lipinski definition) is 1. The molecule has 1 aromatic rings. The lowest BCUT2D eigenvalue weighted by Gasteiger charge is -2.36. The van der Waals surface area contributed by atoms with Crippen LogP contribution in [0.15, 0.2) is 24.3 Å². The van der Waals surface area contributed by atoms with Crippen LogP contribution < -0.4 is 5.32 Å². The molecule has 1 aromatic carbocycles. The van der Waals surface area contributed by atoms with Crippen molar-refractivity contribution in [3.63, 3.8) is 0 Å². The molecule has 6 heteroatoms. The molecule has 2 rings (SSSR count). The molecule has 0 saturated carbocycles. The maximum absolute atomic E-state index is 12.7. The van der Waals surface area contributed by atoms with Crippen molar-refractivity contribution in [2.45, 2.75) is 39.8 Å². The van der Waals surface area contributed by atoms with E-state index < -0.39 is 0 Å². The van der Waals surface area contributed by atoms with E-state index in [1.807, 2.05) is 29.2 Å². The van der Waals surface area contributed by atoms with Crippen molar-refractivity contribution in [3.8, 4) is 0 Å². The predicted molar refractivity (Wildman–Crippen MR) is 98.4 cm³/mol. The third kappa shape index (κ3) is 5.74. The SMILES string of the molecule is CC(=O)N(C)Cc1cccc(NC(=O)N2CCOC[C@H]2CC(C)C)c1. The Kier molecular flexibility index (Phi) is 6.82. The van der Waals surface area contributed by atoms with Crippen LogP contribution in [0.3, 0.4) is 0 Å². The van der Waals surface area contributed by atoms with Gasteiger partial charge in [-0.15, -0.1) is 0 Å². The predicted octanol–water partition coefficient (Wildman–Crippen LogP) is 2.94. The summed E-state index contributed by atoms with van der Waals surface area (Å²) in [7, 11) is 1.76. The van der Waals surface area contributed by atoms with E-state index in [1.54, 1.807) is 18.9 Å². The van der Waals surface area contributed by atoms with Crippen LogP contribution in [0.1, 0.15) is 32.8 Å².